The largest absolute Gasteiger partial charge is 0.264 e. The molecule has 3 nitrogen and oxygen atoms in total. The summed E-state index contributed by atoms with van der Waals surface area (Å²) in [7, 11) is 0. The van der Waals surface area contributed by atoms with Gasteiger partial charge in [0.05, 0.1) is 11.4 Å². The summed E-state index contributed by atoms with van der Waals surface area (Å²) in [5.74, 6) is 0.681. The van der Waals surface area contributed by atoms with Gasteiger partial charge in [-0.3, -0.25) is 4.98 Å². The molecule has 0 atom stereocenters. The Morgan fingerprint density at radius 1 is 0.368 bits per heavy atom. The van der Waals surface area contributed by atoms with Crippen molar-refractivity contribution in [2.24, 2.45) is 0 Å². The molecule has 0 aliphatic rings. The van der Waals surface area contributed by atoms with Gasteiger partial charge in [-0.2, -0.15) is 0 Å². The molecule has 7 aromatic carbocycles. The average Bonchev–Trinajstić information content (AvgIpc) is 3.84. The van der Waals surface area contributed by atoms with Crippen molar-refractivity contribution in [3.63, 3.8) is 0 Å². The zero-order valence-corrected chi connectivity index (χ0v) is 32.6. The zero-order valence-electron chi connectivity index (χ0n) is 31.0. The second-order valence-corrected chi connectivity index (χ2v) is 16.7. The van der Waals surface area contributed by atoms with E-state index in [1.165, 1.54) is 57.0 Å². The first kappa shape index (κ1) is 33.5. The van der Waals surface area contributed by atoms with Gasteiger partial charge in [0, 0.05) is 75.0 Å². The lowest BCUT2D eigenvalue weighted by Gasteiger charge is -2.14. The van der Waals surface area contributed by atoms with Crippen LogP contribution in [0.4, 0.5) is 0 Å². The number of rotatable bonds is 6. The summed E-state index contributed by atoms with van der Waals surface area (Å²) in [4.78, 5) is 15.0. The van der Waals surface area contributed by atoms with Crippen LogP contribution in [-0.2, 0) is 0 Å². The van der Waals surface area contributed by atoms with Crippen molar-refractivity contribution in [3.8, 4) is 67.3 Å². The van der Waals surface area contributed by atoms with E-state index in [4.69, 9.17) is 9.97 Å². The Hall–Kier alpha value is -6.79. The van der Waals surface area contributed by atoms with Crippen LogP contribution in [-0.4, -0.2) is 15.0 Å². The molecule has 11 aromatic rings. The number of thiophene rings is 2. The van der Waals surface area contributed by atoms with Crippen LogP contribution in [0, 0.1) is 6.92 Å². The van der Waals surface area contributed by atoms with Crippen LogP contribution >= 0.6 is 22.7 Å². The third kappa shape index (κ3) is 6.09. The standard InChI is InChI=1S/C52H33N3S2/c1-32-10-2-3-14-41(32)47-30-46(54-52(55-47)36-12-8-11-33(24-36)37-13-9-23-53-31-37)40-26-38(34-19-21-50-44(28-34)42-15-4-6-17-48(42)56-50)25-39(27-40)35-20-22-51-45(29-35)43-16-5-7-18-49(43)57-51/h2-31H,1H3. The van der Waals surface area contributed by atoms with Gasteiger partial charge in [0.2, 0.25) is 0 Å². The van der Waals surface area contributed by atoms with Crippen molar-refractivity contribution < 1.29 is 0 Å². The summed E-state index contributed by atoms with van der Waals surface area (Å²) >= 11 is 3.70. The third-order valence-electron chi connectivity index (χ3n) is 10.9. The normalized spacial score (nSPS) is 11.6. The molecule has 0 radical (unpaired) electrons. The number of benzene rings is 7. The van der Waals surface area contributed by atoms with Crippen LogP contribution in [0.5, 0.6) is 0 Å². The van der Waals surface area contributed by atoms with Gasteiger partial charge in [-0.05, 0) is 113 Å². The van der Waals surface area contributed by atoms with E-state index in [0.29, 0.717) is 5.82 Å². The van der Waals surface area contributed by atoms with E-state index >= 15 is 0 Å². The van der Waals surface area contributed by atoms with Crippen molar-refractivity contribution in [1.29, 1.82) is 0 Å². The minimum atomic E-state index is 0.681. The fourth-order valence-corrected chi connectivity index (χ4v) is 10.2. The van der Waals surface area contributed by atoms with Gasteiger partial charge < -0.3 is 0 Å². The molecule has 4 heterocycles. The highest BCUT2D eigenvalue weighted by atomic mass is 32.1. The first-order valence-electron chi connectivity index (χ1n) is 19.1. The smallest absolute Gasteiger partial charge is 0.160 e. The van der Waals surface area contributed by atoms with E-state index in [0.717, 1.165) is 50.3 Å². The lowest BCUT2D eigenvalue weighted by Crippen LogP contribution is -1.98. The van der Waals surface area contributed by atoms with E-state index in [1.807, 2.05) is 34.9 Å². The lowest BCUT2D eigenvalue weighted by molar-refractivity contribution is 1.18. The molecule has 0 aliphatic heterocycles. The van der Waals surface area contributed by atoms with Crippen LogP contribution in [0.1, 0.15) is 5.56 Å². The van der Waals surface area contributed by atoms with Crippen molar-refractivity contribution in [2.75, 3.05) is 0 Å². The highest BCUT2D eigenvalue weighted by Gasteiger charge is 2.17. The van der Waals surface area contributed by atoms with Crippen molar-refractivity contribution in [1.82, 2.24) is 15.0 Å². The minimum absolute atomic E-state index is 0.681. The fraction of sp³-hybridized carbons (Fsp3) is 0.0192. The summed E-state index contributed by atoms with van der Waals surface area (Å²) in [5.41, 5.74) is 12.8. The summed E-state index contributed by atoms with van der Waals surface area (Å²) in [6, 6.07) is 61.3. The molecule has 0 spiro atoms. The van der Waals surface area contributed by atoms with Gasteiger partial charge in [-0.15, -0.1) is 22.7 Å². The molecule has 4 aromatic heterocycles. The van der Waals surface area contributed by atoms with Gasteiger partial charge in [0.25, 0.3) is 0 Å². The molecule has 0 bridgehead atoms. The molecule has 268 valence electrons. The SMILES string of the molecule is Cc1ccccc1-c1cc(-c2cc(-c3ccc4sc5ccccc5c4c3)cc(-c3ccc4sc5ccccc5c4c3)c2)nc(-c2cccc(-c3cccnc3)c2)n1. The lowest BCUT2D eigenvalue weighted by atomic mass is 9.93. The maximum Gasteiger partial charge on any atom is 0.160 e. The van der Waals surface area contributed by atoms with Gasteiger partial charge in [-0.1, -0.05) is 97.1 Å². The monoisotopic (exact) mass is 763 g/mol. The molecular formula is C52H33N3S2. The maximum absolute atomic E-state index is 5.38. The Morgan fingerprint density at radius 3 is 1.58 bits per heavy atom. The first-order chi connectivity index (χ1) is 28.1. The molecule has 11 rings (SSSR count). The highest BCUT2D eigenvalue weighted by Crippen LogP contribution is 2.41. The Labute approximate surface area is 338 Å². The van der Waals surface area contributed by atoms with E-state index in [2.05, 4.69) is 176 Å². The molecule has 0 saturated heterocycles. The van der Waals surface area contributed by atoms with Crippen LogP contribution in [0.25, 0.3) is 108 Å². The summed E-state index contributed by atoms with van der Waals surface area (Å²) in [6.45, 7) is 2.15. The maximum atomic E-state index is 5.38. The third-order valence-corrected chi connectivity index (χ3v) is 13.2. The number of fused-ring (bicyclic) bond motifs is 6. The Kier molecular flexibility index (Phi) is 8.09. The number of aromatic nitrogens is 3. The van der Waals surface area contributed by atoms with Gasteiger partial charge >= 0.3 is 0 Å². The second kappa shape index (κ2) is 13.7. The Bertz CT molecular complexity index is 3190. The summed E-state index contributed by atoms with van der Waals surface area (Å²) in [6.07, 6.45) is 3.70. The molecule has 0 unspecified atom stereocenters. The second-order valence-electron chi connectivity index (χ2n) is 14.5. The van der Waals surface area contributed by atoms with E-state index < -0.39 is 0 Å². The number of aryl methyl sites for hydroxylation is 1. The Morgan fingerprint density at radius 2 is 0.912 bits per heavy atom. The minimum Gasteiger partial charge on any atom is -0.264 e. The van der Waals surface area contributed by atoms with Gasteiger partial charge in [0.1, 0.15) is 0 Å². The first-order valence-corrected chi connectivity index (χ1v) is 20.7. The molecule has 57 heavy (non-hydrogen) atoms. The molecule has 0 amide bonds. The zero-order chi connectivity index (χ0) is 37.9. The van der Waals surface area contributed by atoms with Crippen LogP contribution < -0.4 is 0 Å². The van der Waals surface area contributed by atoms with Gasteiger partial charge in [-0.25, -0.2) is 9.97 Å². The van der Waals surface area contributed by atoms with Gasteiger partial charge in [0.15, 0.2) is 5.82 Å². The predicted molar refractivity (Wildman–Crippen MR) is 243 cm³/mol. The summed E-state index contributed by atoms with van der Waals surface area (Å²) in [5, 5.41) is 5.15. The molecule has 0 fully saturated rings. The highest BCUT2D eigenvalue weighted by molar-refractivity contribution is 7.26. The average molecular weight is 764 g/mol. The summed E-state index contributed by atoms with van der Waals surface area (Å²) < 4.78 is 5.20. The number of hydrogen-bond donors (Lipinski definition) is 0. The van der Waals surface area contributed by atoms with Crippen molar-refractivity contribution in [3.05, 3.63) is 188 Å². The van der Waals surface area contributed by atoms with E-state index in [-0.39, 0.29) is 0 Å². The van der Waals surface area contributed by atoms with Crippen LogP contribution in [0.15, 0.2) is 182 Å². The van der Waals surface area contributed by atoms with Crippen LogP contribution in [0.2, 0.25) is 0 Å². The fourth-order valence-electron chi connectivity index (χ4n) is 8.01. The van der Waals surface area contributed by atoms with E-state index in [1.54, 1.807) is 6.20 Å². The van der Waals surface area contributed by atoms with Crippen molar-refractivity contribution in [2.45, 2.75) is 6.92 Å². The topological polar surface area (TPSA) is 38.7 Å². The molecule has 0 saturated carbocycles. The van der Waals surface area contributed by atoms with E-state index in [9.17, 15) is 0 Å². The number of pyridine rings is 1. The Balaban J connectivity index is 1.14. The molecular weight excluding hydrogens is 731 g/mol. The van der Waals surface area contributed by atoms with Crippen LogP contribution in [0.3, 0.4) is 0 Å². The quantitative estimate of drug-likeness (QED) is 0.169. The molecule has 0 aliphatic carbocycles. The predicted octanol–water partition coefficient (Wildman–Crippen LogP) is 14.9. The van der Waals surface area contributed by atoms with Crippen molar-refractivity contribution >= 4 is 63.0 Å². The number of nitrogens with zero attached hydrogens (tertiary/aromatic N) is 3. The molecule has 5 heteroatoms. The molecule has 0 N–H and O–H groups in total. The number of hydrogen-bond acceptors (Lipinski definition) is 5.